The van der Waals surface area contributed by atoms with Crippen LogP contribution in [0, 0.1) is 0 Å². The third-order valence-corrected chi connectivity index (χ3v) is 4.98. The fourth-order valence-corrected chi connectivity index (χ4v) is 3.82. The van der Waals surface area contributed by atoms with E-state index in [0.717, 1.165) is 18.4 Å². The number of nitrogens with zero attached hydrogens (tertiary/aromatic N) is 4. The highest BCUT2D eigenvalue weighted by atomic mass is 32.2. The molecule has 1 aromatic carbocycles. The molecule has 0 aromatic heterocycles. The van der Waals surface area contributed by atoms with Crippen LogP contribution >= 0.6 is 0 Å². The first-order valence-electron chi connectivity index (χ1n) is 6.18. The summed E-state index contributed by atoms with van der Waals surface area (Å²) in [5, 5.41) is 3.63. The average molecular weight is 280 g/mol. The van der Waals surface area contributed by atoms with Crippen LogP contribution in [0.2, 0.25) is 0 Å². The lowest BCUT2D eigenvalue weighted by molar-refractivity contribution is 0.315. The van der Waals surface area contributed by atoms with E-state index >= 15 is 0 Å². The van der Waals surface area contributed by atoms with Crippen molar-refractivity contribution in [1.82, 2.24) is 4.31 Å². The van der Waals surface area contributed by atoms with Gasteiger partial charge in [-0.1, -0.05) is 35.4 Å². The zero-order valence-electron chi connectivity index (χ0n) is 10.5. The molecule has 0 spiro atoms. The number of azide groups is 1. The Kier molecular flexibility index (Phi) is 4.42. The van der Waals surface area contributed by atoms with Gasteiger partial charge >= 0.3 is 0 Å². The molecule has 0 radical (unpaired) electrons. The normalized spacial score (nSPS) is 20.7. The standard InChI is InChI=1S/C12H16N4O2S/c13-15-14-12-7-4-8-16(9-12)19(17,18)10-11-5-2-1-3-6-11/h1-3,5-6,12H,4,7-10H2. The van der Waals surface area contributed by atoms with Gasteiger partial charge in [0.05, 0.1) is 11.8 Å². The van der Waals surface area contributed by atoms with Gasteiger partial charge in [-0.15, -0.1) is 0 Å². The van der Waals surface area contributed by atoms with E-state index in [1.807, 2.05) is 18.2 Å². The maximum absolute atomic E-state index is 12.3. The fraction of sp³-hybridized carbons (Fsp3) is 0.500. The largest absolute Gasteiger partial charge is 0.218 e. The molecule has 1 aromatic rings. The number of sulfonamides is 1. The Morgan fingerprint density at radius 1 is 1.37 bits per heavy atom. The molecule has 0 aliphatic carbocycles. The molecule has 1 unspecified atom stereocenters. The van der Waals surface area contributed by atoms with E-state index in [1.54, 1.807) is 12.1 Å². The van der Waals surface area contributed by atoms with Crippen molar-refractivity contribution in [3.05, 3.63) is 46.3 Å². The van der Waals surface area contributed by atoms with Crippen molar-refractivity contribution in [2.75, 3.05) is 13.1 Å². The van der Waals surface area contributed by atoms with E-state index in [9.17, 15) is 8.42 Å². The van der Waals surface area contributed by atoms with Gasteiger partial charge in [-0.2, -0.15) is 0 Å². The van der Waals surface area contributed by atoms with Crippen LogP contribution in [0.25, 0.3) is 10.4 Å². The molecular weight excluding hydrogens is 264 g/mol. The van der Waals surface area contributed by atoms with Crippen LogP contribution in [0.4, 0.5) is 0 Å². The Morgan fingerprint density at radius 3 is 2.79 bits per heavy atom. The van der Waals surface area contributed by atoms with Crippen LogP contribution in [0.15, 0.2) is 35.4 Å². The highest BCUT2D eigenvalue weighted by molar-refractivity contribution is 7.88. The maximum Gasteiger partial charge on any atom is 0.218 e. The minimum Gasteiger partial charge on any atom is -0.212 e. The van der Waals surface area contributed by atoms with E-state index in [-0.39, 0.29) is 11.8 Å². The average Bonchev–Trinajstić information content (AvgIpc) is 2.40. The van der Waals surface area contributed by atoms with Crippen molar-refractivity contribution in [3.8, 4) is 0 Å². The van der Waals surface area contributed by atoms with Crippen LogP contribution in [-0.4, -0.2) is 31.9 Å². The minimum absolute atomic E-state index is 0.00315. The smallest absolute Gasteiger partial charge is 0.212 e. The summed E-state index contributed by atoms with van der Waals surface area (Å²) in [4.78, 5) is 2.76. The molecule has 19 heavy (non-hydrogen) atoms. The highest BCUT2D eigenvalue weighted by Gasteiger charge is 2.28. The van der Waals surface area contributed by atoms with Crippen LogP contribution in [0.3, 0.4) is 0 Å². The van der Waals surface area contributed by atoms with E-state index < -0.39 is 10.0 Å². The first kappa shape index (κ1) is 13.9. The molecule has 102 valence electrons. The Bertz CT molecular complexity index is 567. The summed E-state index contributed by atoms with van der Waals surface area (Å²) in [6.07, 6.45) is 1.49. The second-order valence-corrected chi connectivity index (χ2v) is 6.57. The summed E-state index contributed by atoms with van der Waals surface area (Å²) < 4.78 is 26.0. The zero-order chi connectivity index (χ0) is 13.7. The fourth-order valence-electron chi connectivity index (χ4n) is 2.22. The van der Waals surface area contributed by atoms with Crippen molar-refractivity contribution < 1.29 is 8.42 Å². The third kappa shape index (κ3) is 3.70. The number of hydrogen-bond acceptors (Lipinski definition) is 3. The molecule has 1 aliphatic heterocycles. The Hall–Kier alpha value is -1.56. The monoisotopic (exact) mass is 280 g/mol. The molecule has 0 amide bonds. The molecule has 0 saturated carbocycles. The van der Waals surface area contributed by atoms with Gasteiger partial charge in [-0.25, -0.2) is 12.7 Å². The Labute approximate surface area is 112 Å². The molecule has 1 atom stereocenters. The summed E-state index contributed by atoms with van der Waals surface area (Å²) in [5.41, 5.74) is 9.20. The molecule has 2 rings (SSSR count). The molecule has 0 bridgehead atoms. The van der Waals surface area contributed by atoms with Crippen molar-refractivity contribution in [3.63, 3.8) is 0 Å². The SMILES string of the molecule is [N-]=[N+]=NC1CCCN(S(=O)(=O)Cc2ccccc2)C1. The summed E-state index contributed by atoms with van der Waals surface area (Å²) >= 11 is 0. The molecule has 1 aliphatic rings. The number of hydrogen-bond donors (Lipinski definition) is 0. The predicted molar refractivity (Wildman–Crippen MR) is 72.8 cm³/mol. The van der Waals surface area contributed by atoms with Gasteiger partial charge in [-0.05, 0) is 23.9 Å². The maximum atomic E-state index is 12.3. The topological polar surface area (TPSA) is 86.1 Å². The van der Waals surface area contributed by atoms with Crippen LogP contribution < -0.4 is 0 Å². The quantitative estimate of drug-likeness (QED) is 0.481. The minimum atomic E-state index is -3.34. The number of benzene rings is 1. The van der Waals surface area contributed by atoms with Crippen molar-refractivity contribution in [1.29, 1.82) is 0 Å². The Morgan fingerprint density at radius 2 is 2.11 bits per heavy atom. The molecular formula is C12H16N4O2S. The number of piperidine rings is 1. The second-order valence-electron chi connectivity index (χ2n) is 4.60. The van der Waals surface area contributed by atoms with Crippen LogP contribution in [0.5, 0.6) is 0 Å². The zero-order valence-corrected chi connectivity index (χ0v) is 11.3. The molecule has 1 fully saturated rings. The first-order valence-corrected chi connectivity index (χ1v) is 7.79. The number of rotatable bonds is 4. The molecule has 0 N–H and O–H groups in total. The molecule has 7 heteroatoms. The van der Waals surface area contributed by atoms with Gasteiger partial charge in [0.2, 0.25) is 10.0 Å². The van der Waals surface area contributed by atoms with Crippen LogP contribution in [-0.2, 0) is 15.8 Å². The second kappa shape index (κ2) is 6.06. The lowest BCUT2D eigenvalue weighted by Crippen LogP contribution is -2.41. The predicted octanol–water partition coefficient (Wildman–Crippen LogP) is 2.29. The van der Waals surface area contributed by atoms with Gasteiger partial charge in [0.25, 0.3) is 0 Å². The first-order chi connectivity index (χ1) is 9.12. The van der Waals surface area contributed by atoms with Gasteiger partial charge < -0.3 is 0 Å². The van der Waals surface area contributed by atoms with Gasteiger partial charge in [0.15, 0.2) is 0 Å². The summed E-state index contributed by atoms with van der Waals surface area (Å²) in [5.74, 6) is -0.00315. The van der Waals surface area contributed by atoms with E-state index in [2.05, 4.69) is 10.0 Å². The van der Waals surface area contributed by atoms with E-state index in [0.29, 0.717) is 13.1 Å². The van der Waals surface area contributed by atoms with Crippen molar-refractivity contribution >= 4 is 10.0 Å². The molecule has 6 nitrogen and oxygen atoms in total. The van der Waals surface area contributed by atoms with Gasteiger partial charge in [0, 0.05) is 18.0 Å². The summed E-state index contributed by atoms with van der Waals surface area (Å²) in [6, 6.07) is 8.85. The Balaban J connectivity index is 2.09. The van der Waals surface area contributed by atoms with Gasteiger partial charge in [0.1, 0.15) is 0 Å². The third-order valence-electron chi connectivity index (χ3n) is 3.16. The van der Waals surface area contributed by atoms with Crippen molar-refractivity contribution in [2.45, 2.75) is 24.6 Å². The lowest BCUT2D eigenvalue weighted by atomic mass is 10.1. The lowest BCUT2D eigenvalue weighted by Gasteiger charge is -2.29. The van der Waals surface area contributed by atoms with E-state index in [4.69, 9.17) is 5.53 Å². The summed E-state index contributed by atoms with van der Waals surface area (Å²) in [6.45, 7) is 0.797. The summed E-state index contributed by atoms with van der Waals surface area (Å²) in [7, 11) is -3.34. The highest BCUT2D eigenvalue weighted by Crippen LogP contribution is 2.19. The van der Waals surface area contributed by atoms with Crippen LogP contribution in [0.1, 0.15) is 18.4 Å². The van der Waals surface area contributed by atoms with Gasteiger partial charge in [-0.3, -0.25) is 0 Å². The molecule has 1 saturated heterocycles. The van der Waals surface area contributed by atoms with Crippen molar-refractivity contribution in [2.24, 2.45) is 5.11 Å². The van der Waals surface area contributed by atoms with E-state index in [1.165, 1.54) is 4.31 Å². The molecule has 1 heterocycles.